The topological polar surface area (TPSA) is 61.0 Å². The van der Waals surface area contributed by atoms with E-state index in [1.807, 2.05) is 13.8 Å². The van der Waals surface area contributed by atoms with Crippen molar-refractivity contribution >= 4 is 5.57 Å². The summed E-state index contributed by atoms with van der Waals surface area (Å²) in [6.45, 7) is 14.7. The second kappa shape index (κ2) is 9.07. The summed E-state index contributed by atoms with van der Waals surface area (Å²) in [6.07, 6.45) is 7.73. The summed E-state index contributed by atoms with van der Waals surface area (Å²) < 4.78 is 5.39. The Labute approximate surface area is 165 Å². The van der Waals surface area contributed by atoms with Crippen molar-refractivity contribution in [1.29, 1.82) is 0 Å². The molecule has 3 aliphatic rings. The molecule has 0 heterocycles. The third-order valence-electron chi connectivity index (χ3n) is 6.93. The van der Waals surface area contributed by atoms with Crippen molar-refractivity contribution < 1.29 is 15.3 Å². The van der Waals surface area contributed by atoms with Crippen molar-refractivity contribution in [2.24, 2.45) is 16.7 Å². The van der Waals surface area contributed by atoms with Gasteiger partial charge in [-0.2, -0.15) is 0 Å². The summed E-state index contributed by atoms with van der Waals surface area (Å²) >= 11 is 0. The number of rotatable bonds is 1. The fourth-order valence-corrected chi connectivity index (χ4v) is 5.57. The van der Waals surface area contributed by atoms with Crippen LogP contribution in [0.1, 0.15) is 64.5 Å². The van der Waals surface area contributed by atoms with Gasteiger partial charge in [0.1, 0.15) is 5.75 Å². The van der Waals surface area contributed by atoms with Crippen LogP contribution in [0, 0.1) is 16.7 Å². The molecule has 4 rings (SSSR count). The van der Waals surface area contributed by atoms with E-state index in [1.165, 1.54) is 23.1 Å². The van der Waals surface area contributed by atoms with Gasteiger partial charge in [0.25, 0.3) is 0 Å². The third kappa shape index (κ3) is 3.60. The van der Waals surface area contributed by atoms with Crippen LogP contribution in [0.3, 0.4) is 0 Å². The highest BCUT2D eigenvalue weighted by Crippen LogP contribution is 2.64. The predicted octanol–water partition coefficient (Wildman–Crippen LogP) is 5.22. The molecule has 4 atom stereocenters. The zero-order valence-corrected chi connectivity index (χ0v) is 17.8. The highest BCUT2D eigenvalue weighted by molar-refractivity contribution is 5.76. The molecule has 0 radical (unpaired) electrons. The number of aryl methyl sites for hydroxylation is 1. The van der Waals surface area contributed by atoms with Crippen LogP contribution >= 0.6 is 0 Å². The molecule has 1 saturated carbocycles. The van der Waals surface area contributed by atoms with Gasteiger partial charge >= 0.3 is 0 Å². The zero-order valence-electron chi connectivity index (χ0n) is 17.8. The minimum atomic E-state index is -0.135. The number of aliphatic hydroxyl groups is 1. The minimum absolute atomic E-state index is 0. The van der Waals surface area contributed by atoms with Crippen molar-refractivity contribution in [2.45, 2.75) is 65.9 Å². The normalized spacial score (nSPS) is 32.6. The molecule has 1 fully saturated rings. The summed E-state index contributed by atoms with van der Waals surface area (Å²) in [5.41, 5.74) is 4.64. The Morgan fingerprint density at radius 2 is 1.81 bits per heavy atom. The fraction of sp³-hybridized carbons (Fsp3) is 0.583. The SMILES string of the molecule is C=C.CC.COc1ccc2c(c1)CC[C@]1(C)C2=CC[C@@]2(C)C1CC[C@@H]2O.O. The van der Waals surface area contributed by atoms with E-state index in [0.717, 1.165) is 31.4 Å². The number of allylic oxidation sites excluding steroid dienone is 2. The molecule has 152 valence electrons. The largest absolute Gasteiger partial charge is 0.497 e. The lowest BCUT2D eigenvalue weighted by Crippen LogP contribution is -2.45. The van der Waals surface area contributed by atoms with Gasteiger partial charge in [0.05, 0.1) is 13.2 Å². The summed E-state index contributed by atoms with van der Waals surface area (Å²) in [4.78, 5) is 0. The Balaban J connectivity index is 0.000000686. The van der Waals surface area contributed by atoms with Crippen molar-refractivity contribution in [3.63, 3.8) is 0 Å². The third-order valence-corrected chi connectivity index (χ3v) is 6.93. The second-order valence-corrected chi connectivity index (χ2v) is 7.91. The lowest BCUT2D eigenvalue weighted by atomic mass is 9.52. The van der Waals surface area contributed by atoms with E-state index < -0.39 is 0 Å². The van der Waals surface area contributed by atoms with Crippen LogP contribution in [0.15, 0.2) is 37.4 Å². The van der Waals surface area contributed by atoms with Gasteiger partial charge in [0.15, 0.2) is 0 Å². The van der Waals surface area contributed by atoms with Gasteiger partial charge in [-0.3, -0.25) is 0 Å². The molecule has 1 aromatic carbocycles. The summed E-state index contributed by atoms with van der Waals surface area (Å²) in [5, 5.41) is 10.5. The number of aliphatic hydroxyl groups excluding tert-OH is 1. The number of hydrogen-bond donors (Lipinski definition) is 1. The Hall–Kier alpha value is -1.58. The quantitative estimate of drug-likeness (QED) is 0.685. The molecule has 3 aliphatic carbocycles. The van der Waals surface area contributed by atoms with Gasteiger partial charge in [0, 0.05) is 5.41 Å². The Morgan fingerprint density at radius 3 is 2.44 bits per heavy atom. The van der Waals surface area contributed by atoms with Crippen molar-refractivity contribution in [3.05, 3.63) is 48.6 Å². The van der Waals surface area contributed by atoms with E-state index in [2.05, 4.69) is 51.3 Å². The molecule has 0 aromatic heterocycles. The van der Waals surface area contributed by atoms with E-state index in [9.17, 15) is 5.11 Å². The first-order valence-electron chi connectivity index (χ1n) is 10.0. The van der Waals surface area contributed by atoms with Crippen LogP contribution in [0.2, 0.25) is 0 Å². The van der Waals surface area contributed by atoms with Crippen molar-refractivity contribution in [3.8, 4) is 5.75 Å². The molecule has 1 aromatic rings. The van der Waals surface area contributed by atoms with Gasteiger partial charge in [-0.05, 0) is 72.3 Å². The maximum Gasteiger partial charge on any atom is 0.119 e. The smallest absolute Gasteiger partial charge is 0.119 e. The molecule has 0 aliphatic heterocycles. The fourth-order valence-electron chi connectivity index (χ4n) is 5.57. The first-order valence-corrected chi connectivity index (χ1v) is 10.0. The van der Waals surface area contributed by atoms with Crippen LogP contribution in [0.25, 0.3) is 5.57 Å². The van der Waals surface area contributed by atoms with Gasteiger partial charge in [0.2, 0.25) is 0 Å². The average Bonchev–Trinajstić information content (AvgIpc) is 3.00. The van der Waals surface area contributed by atoms with Crippen LogP contribution < -0.4 is 4.74 Å². The summed E-state index contributed by atoms with van der Waals surface area (Å²) in [6, 6.07) is 6.53. The molecule has 27 heavy (non-hydrogen) atoms. The van der Waals surface area contributed by atoms with Crippen LogP contribution in [0.4, 0.5) is 0 Å². The molecule has 3 heteroatoms. The molecule has 3 nitrogen and oxygen atoms in total. The molecule has 0 saturated heterocycles. The highest BCUT2D eigenvalue weighted by Gasteiger charge is 2.57. The molecular formula is C24H38O3. The standard InChI is InChI=1S/C20H26O2.C2H6.C2H4.H2O/c1-19-10-8-13-12-14(22-3)4-5-15(13)16(19)9-11-20(2)17(19)6-7-18(20)21;2*1-2;/h4-5,9,12,17-18,21H,6-8,10-11H2,1-3H3;1-2H3;1-2H2;1H2/t17?,18-,19+,20-;;;/m0.../s1. The van der Waals surface area contributed by atoms with Crippen LogP contribution in [0.5, 0.6) is 5.75 Å². The van der Waals surface area contributed by atoms with Gasteiger partial charge < -0.3 is 15.3 Å². The lowest BCUT2D eigenvalue weighted by molar-refractivity contribution is 0.00214. The first kappa shape index (κ1) is 23.5. The number of methoxy groups -OCH3 is 1. The van der Waals surface area contributed by atoms with Gasteiger partial charge in [-0.1, -0.05) is 39.8 Å². The van der Waals surface area contributed by atoms with Crippen LogP contribution in [-0.4, -0.2) is 23.8 Å². The maximum atomic E-state index is 10.5. The van der Waals surface area contributed by atoms with Crippen LogP contribution in [-0.2, 0) is 6.42 Å². The van der Waals surface area contributed by atoms with Crippen molar-refractivity contribution in [2.75, 3.05) is 7.11 Å². The van der Waals surface area contributed by atoms with E-state index in [1.54, 1.807) is 7.11 Å². The zero-order chi connectivity index (χ0) is 19.5. The number of fused-ring (bicyclic) bond motifs is 5. The molecule has 0 amide bonds. The molecule has 3 N–H and O–H groups in total. The minimum Gasteiger partial charge on any atom is -0.497 e. The Morgan fingerprint density at radius 1 is 1.15 bits per heavy atom. The van der Waals surface area contributed by atoms with E-state index in [4.69, 9.17) is 4.74 Å². The van der Waals surface area contributed by atoms with E-state index >= 15 is 0 Å². The molecule has 0 spiro atoms. The maximum absolute atomic E-state index is 10.5. The van der Waals surface area contributed by atoms with Gasteiger partial charge in [-0.15, -0.1) is 13.2 Å². The van der Waals surface area contributed by atoms with Gasteiger partial charge in [-0.25, -0.2) is 0 Å². The number of benzene rings is 1. The highest BCUT2D eigenvalue weighted by atomic mass is 16.5. The summed E-state index contributed by atoms with van der Waals surface area (Å²) in [5.74, 6) is 1.56. The second-order valence-electron chi connectivity index (χ2n) is 7.91. The molecule has 0 bridgehead atoms. The number of hydrogen-bond acceptors (Lipinski definition) is 2. The Kier molecular flexibility index (Phi) is 7.88. The predicted molar refractivity (Wildman–Crippen MR) is 115 cm³/mol. The van der Waals surface area contributed by atoms with E-state index in [0.29, 0.717) is 5.92 Å². The molecule has 1 unspecified atom stereocenters. The first-order chi connectivity index (χ1) is 12.5. The monoisotopic (exact) mass is 374 g/mol. The average molecular weight is 375 g/mol. The number of ether oxygens (including phenoxy) is 1. The Bertz CT molecular complexity index is 666. The lowest BCUT2D eigenvalue weighted by Gasteiger charge is -2.52. The van der Waals surface area contributed by atoms with E-state index in [-0.39, 0.29) is 22.4 Å². The molecular weight excluding hydrogens is 336 g/mol. The van der Waals surface area contributed by atoms with Crippen molar-refractivity contribution in [1.82, 2.24) is 0 Å². The summed E-state index contributed by atoms with van der Waals surface area (Å²) in [7, 11) is 1.74.